The summed E-state index contributed by atoms with van der Waals surface area (Å²) in [5, 5.41) is 16.1. The fourth-order valence-electron chi connectivity index (χ4n) is 1.70. The predicted molar refractivity (Wildman–Crippen MR) is 77.4 cm³/mol. The van der Waals surface area contributed by atoms with Crippen molar-refractivity contribution in [3.05, 3.63) is 23.8 Å². The van der Waals surface area contributed by atoms with Gasteiger partial charge in [-0.2, -0.15) is 14.0 Å². The molecule has 1 unspecified atom stereocenters. The van der Waals surface area contributed by atoms with E-state index in [0.717, 1.165) is 18.2 Å². The van der Waals surface area contributed by atoms with E-state index in [1.165, 1.54) is 14.0 Å². The van der Waals surface area contributed by atoms with E-state index in [9.17, 15) is 18.4 Å². The molecule has 1 N–H and O–H groups in total. The molecule has 24 heavy (non-hydrogen) atoms. The highest BCUT2D eigenvalue weighted by molar-refractivity contribution is 6.06. The van der Waals surface area contributed by atoms with E-state index >= 15 is 0 Å². The first-order valence-corrected chi connectivity index (χ1v) is 6.57. The van der Waals surface area contributed by atoms with Crippen molar-refractivity contribution < 1.29 is 32.6 Å². The first kappa shape index (κ1) is 19.0. The van der Waals surface area contributed by atoms with E-state index in [4.69, 9.17) is 20.1 Å². The van der Waals surface area contributed by atoms with Crippen molar-refractivity contribution in [1.82, 2.24) is 0 Å². The first-order chi connectivity index (χ1) is 11.3. The number of alkyl halides is 2. The molecule has 1 rings (SSSR count). The van der Waals surface area contributed by atoms with Crippen LogP contribution in [0.25, 0.3) is 0 Å². The molecule has 0 radical (unpaired) electrons. The number of carbonyl (C=O) groups excluding carboxylic acids is 2. The second-order valence-electron chi connectivity index (χ2n) is 4.53. The van der Waals surface area contributed by atoms with Gasteiger partial charge in [-0.05, 0) is 25.1 Å². The number of ether oxygens (including phenoxy) is 3. The van der Waals surface area contributed by atoms with Crippen molar-refractivity contribution >= 4 is 17.5 Å². The van der Waals surface area contributed by atoms with Crippen LogP contribution in [0.15, 0.2) is 18.2 Å². The molecule has 0 aliphatic heterocycles. The number of nitrogens with zero attached hydrogens (tertiary/aromatic N) is 1. The second-order valence-corrected chi connectivity index (χ2v) is 4.53. The van der Waals surface area contributed by atoms with Gasteiger partial charge in [0.1, 0.15) is 5.92 Å². The molecular formula is C15H14F2N2O5. The number of esters is 1. The molecule has 9 heteroatoms. The SMILES string of the molecule is COc1cc(C(=O)OCC(=O)C(C#N)C(C)=N)ccc1OC(F)F. The largest absolute Gasteiger partial charge is 0.493 e. The van der Waals surface area contributed by atoms with Crippen LogP contribution in [0.5, 0.6) is 11.5 Å². The van der Waals surface area contributed by atoms with Crippen LogP contribution in [0.1, 0.15) is 17.3 Å². The summed E-state index contributed by atoms with van der Waals surface area (Å²) < 4.78 is 38.3. The third kappa shape index (κ3) is 5.01. The number of methoxy groups -OCH3 is 1. The number of nitriles is 1. The van der Waals surface area contributed by atoms with E-state index in [1.54, 1.807) is 6.07 Å². The van der Waals surface area contributed by atoms with Crippen molar-refractivity contribution in [1.29, 1.82) is 10.7 Å². The van der Waals surface area contributed by atoms with Gasteiger partial charge in [0, 0.05) is 5.71 Å². The lowest BCUT2D eigenvalue weighted by Gasteiger charge is -2.11. The highest BCUT2D eigenvalue weighted by Gasteiger charge is 2.22. The Labute approximate surface area is 136 Å². The maximum absolute atomic E-state index is 12.2. The van der Waals surface area contributed by atoms with Gasteiger partial charge in [-0.1, -0.05) is 0 Å². The summed E-state index contributed by atoms with van der Waals surface area (Å²) in [6.07, 6.45) is 0. The molecule has 0 saturated heterocycles. The molecule has 0 bridgehead atoms. The molecule has 0 fully saturated rings. The van der Waals surface area contributed by atoms with Crippen LogP contribution in [0, 0.1) is 22.7 Å². The number of ketones is 1. The Balaban J connectivity index is 2.80. The molecule has 0 saturated carbocycles. The Kier molecular flexibility index (Phi) is 6.79. The smallest absolute Gasteiger partial charge is 0.387 e. The number of carbonyl (C=O) groups is 2. The molecule has 7 nitrogen and oxygen atoms in total. The minimum Gasteiger partial charge on any atom is -0.493 e. The normalized spacial score (nSPS) is 11.3. The van der Waals surface area contributed by atoms with E-state index in [2.05, 4.69) is 4.74 Å². The first-order valence-electron chi connectivity index (χ1n) is 6.57. The minimum absolute atomic E-state index is 0.0543. The van der Waals surface area contributed by atoms with Crippen molar-refractivity contribution in [3.8, 4) is 17.6 Å². The lowest BCUT2D eigenvalue weighted by molar-refractivity contribution is -0.122. The van der Waals surface area contributed by atoms with Crippen LogP contribution < -0.4 is 9.47 Å². The number of rotatable bonds is 8. The van der Waals surface area contributed by atoms with Crippen LogP contribution in [-0.4, -0.2) is 37.8 Å². The average molecular weight is 340 g/mol. The van der Waals surface area contributed by atoms with Gasteiger partial charge in [-0.3, -0.25) is 4.79 Å². The molecule has 1 aromatic rings. The topological polar surface area (TPSA) is 109 Å². The average Bonchev–Trinajstić information content (AvgIpc) is 2.52. The van der Waals surface area contributed by atoms with Crippen molar-refractivity contribution in [2.24, 2.45) is 5.92 Å². The third-order valence-corrected chi connectivity index (χ3v) is 2.84. The lowest BCUT2D eigenvalue weighted by atomic mass is 10.0. The maximum atomic E-state index is 12.2. The Bertz CT molecular complexity index is 685. The Hall–Kier alpha value is -3.02. The zero-order valence-electron chi connectivity index (χ0n) is 12.8. The number of benzene rings is 1. The number of hydrogen-bond donors (Lipinski definition) is 1. The summed E-state index contributed by atoms with van der Waals surface area (Å²) in [6.45, 7) is -2.45. The predicted octanol–water partition coefficient (Wildman–Crippen LogP) is 2.20. The maximum Gasteiger partial charge on any atom is 0.387 e. The zero-order chi connectivity index (χ0) is 18.3. The molecule has 1 aromatic carbocycles. The number of hydrogen-bond acceptors (Lipinski definition) is 7. The van der Waals surface area contributed by atoms with E-state index in [1.807, 2.05) is 0 Å². The molecule has 1 atom stereocenters. The fourth-order valence-corrected chi connectivity index (χ4v) is 1.70. The molecular weight excluding hydrogens is 326 g/mol. The van der Waals surface area contributed by atoms with Crippen LogP contribution in [0.2, 0.25) is 0 Å². The van der Waals surface area contributed by atoms with Gasteiger partial charge in [0.25, 0.3) is 0 Å². The van der Waals surface area contributed by atoms with E-state index in [0.29, 0.717) is 0 Å². The summed E-state index contributed by atoms with van der Waals surface area (Å²) in [5.41, 5.74) is -0.213. The van der Waals surface area contributed by atoms with Gasteiger partial charge >= 0.3 is 12.6 Å². The van der Waals surface area contributed by atoms with Crippen LogP contribution in [-0.2, 0) is 9.53 Å². The third-order valence-electron chi connectivity index (χ3n) is 2.84. The van der Waals surface area contributed by atoms with Crippen molar-refractivity contribution in [2.45, 2.75) is 13.5 Å². The lowest BCUT2D eigenvalue weighted by Crippen LogP contribution is -2.25. The van der Waals surface area contributed by atoms with Gasteiger partial charge in [0.2, 0.25) is 0 Å². The van der Waals surface area contributed by atoms with E-state index < -0.39 is 30.9 Å². The summed E-state index contributed by atoms with van der Waals surface area (Å²) in [5.74, 6) is -3.30. The Morgan fingerprint density at radius 3 is 2.50 bits per heavy atom. The molecule has 0 amide bonds. The van der Waals surface area contributed by atoms with Crippen LogP contribution in [0.4, 0.5) is 8.78 Å². The highest BCUT2D eigenvalue weighted by atomic mass is 19.3. The van der Waals surface area contributed by atoms with Crippen molar-refractivity contribution in [3.63, 3.8) is 0 Å². The molecule has 0 aliphatic rings. The molecule has 128 valence electrons. The monoisotopic (exact) mass is 340 g/mol. The quantitative estimate of drug-likeness (QED) is 0.574. The number of halogens is 2. The van der Waals surface area contributed by atoms with Gasteiger partial charge in [-0.25, -0.2) is 4.79 Å². The molecule has 0 heterocycles. The summed E-state index contributed by atoms with van der Waals surface area (Å²) in [4.78, 5) is 23.6. The van der Waals surface area contributed by atoms with Gasteiger partial charge in [0.15, 0.2) is 23.9 Å². The summed E-state index contributed by atoms with van der Waals surface area (Å²) in [7, 11) is 1.21. The number of Topliss-reactive ketones (excluding diaryl/α,β-unsaturated/α-hetero) is 1. The second kappa shape index (κ2) is 8.57. The summed E-state index contributed by atoms with van der Waals surface area (Å²) in [6, 6.07) is 5.02. The van der Waals surface area contributed by atoms with Crippen LogP contribution >= 0.6 is 0 Å². The van der Waals surface area contributed by atoms with Gasteiger partial charge in [-0.15, -0.1) is 0 Å². The molecule has 0 aromatic heterocycles. The highest BCUT2D eigenvalue weighted by Crippen LogP contribution is 2.29. The molecule has 0 aliphatic carbocycles. The van der Waals surface area contributed by atoms with Gasteiger partial charge < -0.3 is 19.6 Å². The standard InChI is InChI=1S/C15H14F2N2O5/c1-8(19)10(6-18)11(20)7-23-14(21)9-3-4-12(24-15(16)17)13(5-9)22-2/h3-5,10,15,19H,7H2,1-2H3. The van der Waals surface area contributed by atoms with E-state index in [-0.39, 0.29) is 22.8 Å². The Morgan fingerprint density at radius 2 is 2.00 bits per heavy atom. The molecule has 0 spiro atoms. The minimum atomic E-state index is -3.05. The number of nitrogens with one attached hydrogen (secondary N) is 1. The zero-order valence-corrected chi connectivity index (χ0v) is 12.8. The summed E-state index contributed by atoms with van der Waals surface area (Å²) >= 11 is 0. The van der Waals surface area contributed by atoms with Crippen LogP contribution in [0.3, 0.4) is 0 Å². The Morgan fingerprint density at radius 1 is 1.33 bits per heavy atom. The van der Waals surface area contributed by atoms with Gasteiger partial charge in [0.05, 0.1) is 18.7 Å². The fraction of sp³-hybridized carbons (Fsp3) is 0.333. The van der Waals surface area contributed by atoms with Crippen molar-refractivity contribution in [2.75, 3.05) is 13.7 Å².